The second kappa shape index (κ2) is 10.2. The molecule has 0 spiro atoms. The van der Waals surface area contributed by atoms with E-state index in [1.807, 2.05) is 25.1 Å². The molecule has 1 atom stereocenters. The first-order valence-corrected chi connectivity index (χ1v) is 10.6. The summed E-state index contributed by atoms with van der Waals surface area (Å²) in [6, 6.07) is 11.1. The Morgan fingerprint density at radius 2 is 1.74 bits per heavy atom. The molecule has 1 N–H and O–H groups in total. The lowest BCUT2D eigenvalue weighted by Crippen LogP contribution is -2.29. The molecule has 0 aliphatic heterocycles. The largest absolute Gasteiger partial charge is 0.493 e. The first-order chi connectivity index (χ1) is 15.0. The molecular weight excluding hydrogens is 394 g/mol. The number of aryl methyl sites for hydroxylation is 1. The molecule has 2 aromatic carbocycles. The second-order valence-corrected chi connectivity index (χ2v) is 7.43. The van der Waals surface area contributed by atoms with Gasteiger partial charge in [-0.2, -0.15) is 0 Å². The monoisotopic (exact) mass is 425 g/mol. The van der Waals surface area contributed by atoms with Gasteiger partial charge in [0, 0.05) is 12.1 Å². The van der Waals surface area contributed by atoms with Crippen LogP contribution in [0.25, 0.3) is 11.0 Å². The summed E-state index contributed by atoms with van der Waals surface area (Å²) in [4.78, 5) is 17.9. The van der Waals surface area contributed by atoms with Gasteiger partial charge in [0.2, 0.25) is 5.75 Å². The third-order valence-electron chi connectivity index (χ3n) is 5.33. The van der Waals surface area contributed by atoms with Crippen LogP contribution < -0.4 is 19.5 Å². The molecule has 1 heterocycles. The molecule has 0 aliphatic carbocycles. The number of ether oxygens (including phenoxy) is 3. The summed E-state index contributed by atoms with van der Waals surface area (Å²) < 4.78 is 18.3. The topological polar surface area (TPSA) is 74.6 Å². The number of hydrogen-bond acceptors (Lipinski definition) is 5. The van der Waals surface area contributed by atoms with Gasteiger partial charge in [-0.25, -0.2) is 4.98 Å². The number of imidazole rings is 1. The fourth-order valence-electron chi connectivity index (χ4n) is 3.74. The molecular formula is C24H31N3O4. The van der Waals surface area contributed by atoms with Crippen molar-refractivity contribution >= 4 is 16.9 Å². The number of benzene rings is 2. The van der Waals surface area contributed by atoms with Crippen LogP contribution in [0.15, 0.2) is 36.4 Å². The van der Waals surface area contributed by atoms with Crippen LogP contribution >= 0.6 is 0 Å². The Hall–Kier alpha value is -3.22. The number of aromatic nitrogens is 2. The Kier molecular flexibility index (Phi) is 7.39. The number of carbonyl (C=O) groups is 1. The van der Waals surface area contributed by atoms with Crippen molar-refractivity contribution in [2.75, 3.05) is 21.3 Å². The van der Waals surface area contributed by atoms with E-state index in [9.17, 15) is 4.79 Å². The maximum atomic E-state index is 13.1. The highest BCUT2D eigenvalue weighted by molar-refractivity contribution is 5.96. The molecule has 1 aromatic heterocycles. The lowest BCUT2D eigenvalue weighted by Gasteiger charge is -2.18. The summed E-state index contributed by atoms with van der Waals surface area (Å²) in [5, 5.41) is 3.07. The third-order valence-corrected chi connectivity index (χ3v) is 5.33. The summed E-state index contributed by atoms with van der Waals surface area (Å²) in [7, 11) is 4.59. The molecule has 3 rings (SSSR count). The van der Waals surface area contributed by atoms with Crippen LogP contribution in [0.4, 0.5) is 0 Å². The van der Waals surface area contributed by atoms with Gasteiger partial charge in [-0.3, -0.25) is 4.79 Å². The highest BCUT2D eigenvalue weighted by Crippen LogP contribution is 2.38. The Morgan fingerprint density at radius 1 is 1.06 bits per heavy atom. The summed E-state index contributed by atoms with van der Waals surface area (Å²) in [6.45, 7) is 5.01. The van der Waals surface area contributed by atoms with Crippen LogP contribution in [0, 0.1) is 0 Å². The zero-order valence-electron chi connectivity index (χ0n) is 18.9. The SMILES string of the molecule is CCCCCn1c([C@@H](C)NC(=O)c2cc(OC)c(OC)c(OC)c2)nc2ccccc21. The van der Waals surface area contributed by atoms with E-state index in [0.717, 1.165) is 42.7 Å². The number of nitrogens with zero attached hydrogens (tertiary/aromatic N) is 2. The van der Waals surface area contributed by atoms with E-state index in [1.54, 1.807) is 12.1 Å². The molecule has 1 amide bonds. The van der Waals surface area contributed by atoms with E-state index in [-0.39, 0.29) is 11.9 Å². The zero-order chi connectivity index (χ0) is 22.4. The van der Waals surface area contributed by atoms with Gasteiger partial charge in [-0.05, 0) is 37.6 Å². The van der Waals surface area contributed by atoms with Crippen molar-refractivity contribution in [2.24, 2.45) is 0 Å². The summed E-state index contributed by atoms with van der Waals surface area (Å²) in [5.74, 6) is 1.93. The zero-order valence-corrected chi connectivity index (χ0v) is 18.9. The fourth-order valence-corrected chi connectivity index (χ4v) is 3.74. The number of para-hydroxylation sites is 2. The van der Waals surface area contributed by atoms with E-state index in [1.165, 1.54) is 21.3 Å². The fraction of sp³-hybridized carbons (Fsp3) is 0.417. The van der Waals surface area contributed by atoms with Crippen LogP contribution in [0.1, 0.15) is 55.3 Å². The predicted molar refractivity (Wildman–Crippen MR) is 121 cm³/mol. The molecule has 0 aliphatic rings. The molecule has 0 fully saturated rings. The van der Waals surface area contributed by atoms with E-state index in [0.29, 0.717) is 22.8 Å². The molecule has 0 radical (unpaired) electrons. The van der Waals surface area contributed by atoms with Gasteiger partial charge >= 0.3 is 0 Å². The number of rotatable bonds is 10. The van der Waals surface area contributed by atoms with Crippen LogP contribution in [0.2, 0.25) is 0 Å². The van der Waals surface area contributed by atoms with Gasteiger partial charge in [0.15, 0.2) is 11.5 Å². The van der Waals surface area contributed by atoms with E-state index in [4.69, 9.17) is 19.2 Å². The van der Waals surface area contributed by atoms with Crippen molar-refractivity contribution in [2.45, 2.75) is 45.7 Å². The van der Waals surface area contributed by atoms with Crippen molar-refractivity contribution in [3.05, 3.63) is 47.8 Å². The van der Waals surface area contributed by atoms with Crippen LogP contribution in [0.5, 0.6) is 17.2 Å². The number of hydrogen-bond donors (Lipinski definition) is 1. The van der Waals surface area contributed by atoms with Gasteiger partial charge < -0.3 is 24.1 Å². The average molecular weight is 426 g/mol. The Labute approximate surface area is 183 Å². The smallest absolute Gasteiger partial charge is 0.252 e. The number of fused-ring (bicyclic) bond motifs is 1. The lowest BCUT2D eigenvalue weighted by molar-refractivity contribution is 0.0937. The van der Waals surface area contributed by atoms with E-state index >= 15 is 0 Å². The molecule has 0 saturated carbocycles. The van der Waals surface area contributed by atoms with Gasteiger partial charge in [-0.15, -0.1) is 0 Å². The number of amides is 1. The predicted octanol–water partition coefficient (Wildman–Crippen LogP) is 4.74. The van der Waals surface area contributed by atoms with Gasteiger partial charge in [-0.1, -0.05) is 31.9 Å². The van der Waals surface area contributed by atoms with Crippen LogP contribution in [-0.2, 0) is 6.54 Å². The molecule has 166 valence electrons. The summed E-state index contributed by atoms with van der Waals surface area (Å²) in [5.41, 5.74) is 2.44. The van der Waals surface area contributed by atoms with E-state index < -0.39 is 0 Å². The van der Waals surface area contributed by atoms with Gasteiger partial charge in [0.1, 0.15) is 5.82 Å². The minimum atomic E-state index is -0.277. The highest BCUT2D eigenvalue weighted by Gasteiger charge is 2.21. The number of carbonyl (C=O) groups excluding carboxylic acids is 1. The standard InChI is InChI=1S/C24H31N3O4/c1-6-7-10-13-27-19-12-9-8-11-18(19)26-23(27)16(2)25-24(28)17-14-20(29-3)22(31-5)21(15-17)30-4/h8-9,11-12,14-16H,6-7,10,13H2,1-5H3,(H,25,28)/t16-/m1/s1. The van der Waals surface area contributed by atoms with Crippen LogP contribution in [-0.4, -0.2) is 36.8 Å². The molecule has 7 heteroatoms. The minimum Gasteiger partial charge on any atom is -0.493 e. The minimum absolute atomic E-state index is 0.237. The first kappa shape index (κ1) is 22.5. The normalized spacial score (nSPS) is 11.9. The van der Waals surface area contributed by atoms with E-state index in [2.05, 4.69) is 22.9 Å². The first-order valence-electron chi connectivity index (χ1n) is 10.6. The average Bonchev–Trinajstić information content (AvgIpc) is 3.16. The number of methoxy groups -OCH3 is 3. The Bertz CT molecular complexity index is 1020. The molecule has 3 aromatic rings. The number of unbranched alkanes of at least 4 members (excludes halogenated alkanes) is 2. The number of nitrogens with one attached hydrogen (secondary N) is 1. The molecule has 0 unspecified atom stereocenters. The lowest BCUT2D eigenvalue weighted by atomic mass is 10.1. The van der Waals surface area contributed by atoms with Gasteiger partial charge in [0.05, 0.1) is 38.4 Å². The van der Waals surface area contributed by atoms with Crippen molar-refractivity contribution in [1.29, 1.82) is 0 Å². The van der Waals surface area contributed by atoms with Crippen molar-refractivity contribution in [1.82, 2.24) is 14.9 Å². The summed E-state index contributed by atoms with van der Waals surface area (Å²) >= 11 is 0. The van der Waals surface area contributed by atoms with Crippen molar-refractivity contribution < 1.29 is 19.0 Å². The molecule has 31 heavy (non-hydrogen) atoms. The highest BCUT2D eigenvalue weighted by atomic mass is 16.5. The quantitative estimate of drug-likeness (QED) is 0.475. The Balaban J connectivity index is 1.89. The molecule has 0 bridgehead atoms. The van der Waals surface area contributed by atoms with Crippen molar-refractivity contribution in [3.8, 4) is 17.2 Å². The van der Waals surface area contributed by atoms with Crippen molar-refractivity contribution in [3.63, 3.8) is 0 Å². The third kappa shape index (κ3) is 4.76. The maximum absolute atomic E-state index is 13.1. The second-order valence-electron chi connectivity index (χ2n) is 7.43. The molecule has 0 saturated heterocycles. The maximum Gasteiger partial charge on any atom is 0.252 e. The molecule has 7 nitrogen and oxygen atoms in total. The Morgan fingerprint density at radius 3 is 2.35 bits per heavy atom. The van der Waals surface area contributed by atoms with Gasteiger partial charge in [0.25, 0.3) is 5.91 Å². The van der Waals surface area contributed by atoms with Crippen LogP contribution in [0.3, 0.4) is 0 Å². The summed E-state index contributed by atoms with van der Waals surface area (Å²) in [6.07, 6.45) is 3.37.